The van der Waals surface area contributed by atoms with Gasteiger partial charge in [0.05, 0.1) is 23.9 Å². The Kier molecular flexibility index (Phi) is 7.05. The lowest BCUT2D eigenvalue weighted by Crippen LogP contribution is -2.60. The lowest BCUT2D eigenvalue weighted by molar-refractivity contribution is -0.139. The molecule has 2 fully saturated rings. The van der Waals surface area contributed by atoms with Crippen LogP contribution in [0.25, 0.3) is 10.9 Å². The van der Waals surface area contributed by atoms with Gasteiger partial charge < -0.3 is 20.0 Å². The number of nitrogens with zero attached hydrogens (tertiary/aromatic N) is 4. The van der Waals surface area contributed by atoms with E-state index in [0.717, 1.165) is 22.2 Å². The summed E-state index contributed by atoms with van der Waals surface area (Å²) in [6, 6.07) is 9.65. The van der Waals surface area contributed by atoms with Crippen LogP contribution in [0.1, 0.15) is 49.5 Å². The van der Waals surface area contributed by atoms with E-state index in [4.69, 9.17) is 0 Å². The number of carbonyl (C=O) groups is 3. The van der Waals surface area contributed by atoms with Crippen LogP contribution < -0.4 is 10.2 Å². The van der Waals surface area contributed by atoms with Gasteiger partial charge >= 0.3 is 0 Å². The van der Waals surface area contributed by atoms with Crippen LogP contribution in [-0.4, -0.2) is 76.1 Å². The van der Waals surface area contributed by atoms with Crippen LogP contribution >= 0.6 is 0 Å². The number of benzene rings is 2. The van der Waals surface area contributed by atoms with Crippen LogP contribution in [-0.2, 0) is 16.0 Å². The summed E-state index contributed by atoms with van der Waals surface area (Å²) in [4.78, 5) is 45.7. The molecule has 2 aromatic carbocycles. The highest BCUT2D eigenvalue weighted by atomic mass is 19.1. The molecular weight excluding hydrogens is 499 g/mol. The fourth-order valence-corrected chi connectivity index (χ4v) is 5.79. The van der Waals surface area contributed by atoms with Crippen LogP contribution in [0, 0.1) is 11.7 Å². The highest BCUT2D eigenvalue weighted by molar-refractivity contribution is 5.98. The zero-order chi connectivity index (χ0) is 27.9. The van der Waals surface area contributed by atoms with E-state index in [0.29, 0.717) is 39.0 Å². The van der Waals surface area contributed by atoms with Gasteiger partial charge in [-0.15, -0.1) is 0 Å². The van der Waals surface area contributed by atoms with Crippen molar-refractivity contribution in [1.82, 2.24) is 25.3 Å². The molecule has 206 valence electrons. The lowest BCUT2D eigenvalue weighted by atomic mass is 9.85. The quantitative estimate of drug-likeness (QED) is 0.505. The van der Waals surface area contributed by atoms with Crippen LogP contribution in [0.15, 0.2) is 42.6 Å². The first-order chi connectivity index (χ1) is 18.6. The molecule has 5 rings (SSSR count). The molecular formula is C29H35FN6O3. The van der Waals surface area contributed by atoms with Crippen molar-refractivity contribution >= 4 is 34.3 Å². The van der Waals surface area contributed by atoms with Gasteiger partial charge in [0.1, 0.15) is 17.4 Å². The number of halogens is 1. The maximum Gasteiger partial charge on any atom is 0.254 e. The number of nitrogens with one attached hydrogen (secondary N) is 2. The second kappa shape index (κ2) is 10.3. The number of aryl methyl sites for hydroxylation is 1. The number of rotatable bonds is 6. The number of carbonyl (C=O) groups excluding carboxylic acids is 3. The topological polar surface area (TPSA) is 102 Å². The van der Waals surface area contributed by atoms with Crippen molar-refractivity contribution in [3.63, 3.8) is 0 Å². The number of anilines is 1. The van der Waals surface area contributed by atoms with E-state index in [1.807, 2.05) is 39.0 Å². The van der Waals surface area contributed by atoms with Crippen LogP contribution in [0.2, 0.25) is 0 Å². The Labute approximate surface area is 227 Å². The molecule has 1 spiro atoms. The molecule has 2 saturated heterocycles. The Bertz CT molecular complexity index is 1410. The molecule has 1 aromatic heterocycles. The third kappa shape index (κ3) is 4.72. The van der Waals surface area contributed by atoms with Gasteiger partial charge in [0, 0.05) is 31.2 Å². The van der Waals surface area contributed by atoms with Gasteiger partial charge in [-0.1, -0.05) is 26.8 Å². The van der Waals surface area contributed by atoms with E-state index in [-0.39, 0.29) is 23.3 Å². The predicted octanol–water partition coefficient (Wildman–Crippen LogP) is 3.32. The molecule has 2 aliphatic heterocycles. The molecule has 1 atom stereocenters. The Morgan fingerprint density at radius 1 is 1.15 bits per heavy atom. The molecule has 39 heavy (non-hydrogen) atoms. The summed E-state index contributed by atoms with van der Waals surface area (Å²) >= 11 is 0. The Morgan fingerprint density at radius 3 is 2.59 bits per heavy atom. The van der Waals surface area contributed by atoms with Crippen molar-refractivity contribution in [2.24, 2.45) is 5.92 Å². The number of likely N-dealkylation sites (N-methyl/N-ethyl adjacent to an activating group) is 1. The lowest BCUT2D eigenvalue weighted by Gasteiger charge is -2.44. The number of likely N-dealkylation sites (tertiary alicyclic amines) is 1. The van der Waals surface area contributed by atoms with E-state index >= 15 is 0 Å². The molecule has 1 unspecified atom stereocenters. The van der Waals surface area contributed by atoms with Gasteiger partial charge in [-0.25, -0.2) is 4.39 Å². The van der Waals surface area contributed by atoms with E-state index in [2.05, 4.69) is 20.4 Å². The second-order valence-electron chi connectivity index (χ2n) is 10.9. The molecule has 0 radical (unpaired) electrons. The van der Waals surface area contributed by atoms with Gasteiger partial charge in [0.2, 0.25) is 11.8 Å². The molecule has 9 nitrogen and oxygen atoms in total. The summed E-state index contributed by atoms with van der Waals surface area (Å²) in [6.07, 6.45) is 3.37. The number of hydrogen-bond donors (Lipinski definition) is 2. The predicted molar refractivity (Wildman–Crippen MR) is 147 cm³/mol. The number of aromatic amines is 1. The number of amides is 3. The third-order valence-corrected chi connectivity index (χ3v) is 8.16. The Morgan fingerprint density at radius 2 is 1.90 bits per heavy atom. The molecule has 3 amide bonds. The first kappa shape index (κ1) is 26.6. The van der Waals surface area contributed by atoms with Crippen LogP contribution in [0.4, 0.5) is 10.1 Å². The average Bonchev–Trinajstić information content (AvgIpc) is 3.50. The molecule has 10 heteroatoms. The highest BCUT2D eigenvalue weighted by Crippen LogP contribution is 2.40. The number of aromatic nitrogens is 2. The molecule has 0 aliphatic carbocycles. The van der Waals surface area contributed by atoms with Crippen LogP contribution in [0.3, 0.4) is 0 Å². The minimum atomic E-state index is -0.808. The highest BCUT2D eigenvalue weighted by Gasteiger charge is 2.53. The van der Waals surface area contributed by atoms with Gasteiger partial charge in [0.25, 0.3) is 5.91 Å². The monoisotopic (exact) mass is 534 g/mol. The SMILES string of the molecule is CCc1ccc(F)c(C(=O)NC(C(=O)N2CCC3(CC2)C(=O)N(C)CN3c2ccc3[nH]ncc3c2)C(C)C)c1. The molecule has 2 aliphatic rings. The first-order valence-corrected chi connectivity index (χ1v) is 13.5. The summed E-state index contributed by atoms with van der Waals surface area (Å²) in [5.41, 5.74) is 1.90. The van der Waals surface area contributed by atoms with Gasteiger partial charge in [0.15, 0.2) is 0 Å². The van der Waals surface area contributed by atoms with Gasteiger partial charge in [-0.3, -0.25) is 19.5 Å². The summed E-state index contributed by atoms with van der Waals surface area (Å²) in [5.74, 6) is -1.59. The van der Waals surface area contributed by atoms with Gasteiger partial charge in [-0.05, 0) is 61.1 Å². The third-order valence-electron chi connectivity index (χ3n) is 8.16. The molecule has 2 N–H and O–H groups in total. The summed E-state index contributed by atoms with van der Waals surface area (Å²) < 4.78 is 14.4. The molecule has 0 saturated carbocycles. The molecule has 3 heterocycles. The minimum absolute atomic E-state index is 0.0434. The maximum absolute atomic E-state index is 14.4. The smallest absolute Gasteiger partial charge is 0.254 e. The number of piperidine rings is 1. The second-order valence-corrected chi connectivity index (χ2v) is 10.9. The number of H-pyrrole nitrogens is 1. The molecule has 0 bridgehead atoms. The number of fused-ring (bicyclic) bond motifs is 1. The Hall–Kier alpha value is -3.95. The van der Waals surface area contributed by atoms with E-state index in [9.17, 15) is 18.8 Å². The fraction of sp³-hybridized carbons (Fsp3) is 0.448. The summed E-state index contributed by atoms with van der Waals surface area (Å²) in [6.45, 7) is 6.86. The van der Waals surface area contributed by atoms with Crippen LogP contribution in [0.5, 0.6) is 0 Å². The number of hydrogen-bond acceptors (Lipinski definition) is 5. The van der Waals surface area contributed by atoms with Crippen molar-refractivity contribution < 1.29 is 18.8 Å². The van der Waals surface area contributed by atoms with Crippen molar-refractivity contribution in [2.75, 3.05) is 31.7 Å². The van der Waals surface area contributed by atoms with E-state index < -0.39 is 23.3 Å². The van der Waals surface area contributed by atoms with Gasteiger partial charge in [-0.2, -0.15) is 5.10 Å². The van der Waals surface area contributed by atoms with Crippen molar-refractivity contribution in [2.45, 2.75) is 51.6 Å². The largest absolute Gasteiger partial charge is 0.341 e. The maximum atomic E-state index is 14.4. The minimum Gasteiger partial charge on any atom is -0.341 e. The molecule has 3 aromatic rings. The van der Waals surface area contributed by atoms with Crippen molar-refractivity contribution in [3.05, 3.63) is 59.5 Å². The van der Waals surface area contributed by atoms with Crippen molar-refractivity contribution in [1.29, 1.82) is 0 Å². The zero-order valence-electron chi connectivity index (χ0n) is 22.8. The van der Waals surface area contributed by atoms with E-state index in [1.165, 1.54) is 12.1 Å². The summed E-state index contributed by atoms with van der Waals surface area (Å²) in [7, 11) is 1.80. The first-order valence-electron chi connectivity index (χ1n) is 13.5. The van der Waals surface area contributed by atoms with Crippen molar-refractivity contribution in [3.8, 4) is 0 Å². The average molecular weight is 535 g/mol. The summed E-state index contributed by atoms with van der Waals surface area (Å²) in [5, 5.41) is 10.8. The standard InChI is InChI=1S/C29H35FN6O3/c1-5-19-6-8-23(30)22(14-19)26(37)32-25(18(2)3)27(38)35-12-10-29(11-13-35)28(39)34(4)17-36(29)21-7-9-24-20(15-21)16-31-33-24/h6-9,14-16,18,25H,5,10-13,17H2,1-4H3,(H,31,33)(H,32,37). The Balaban J connectivity index is 1.32. The normalized spacial score (nSPS) is 17.9. The van der Waals surface area contributed by atoms with E-state index in [1.54, 1.807) is 29.1 Å². The fourth-order valence-electron chi connectivity index (χ4n) is 5.79. The zero-order valence-corrected chi connectivity index (χ0v) is 22.8.